The number of para-hydroxylation sites is 4. The fourth-order valence-electron chi connectivity index (χ4n) is 9.02. The van der Waals surface area contributed by atoms with E-state index in [4.69, 9.17) is 0 Å². The van der Waals surface area contributed by atoms with Gasteiger partial charge in [0.2, 0.25) is 0 Å². The molecule has 0 saturated heterocycles. The van der Waals surface area contributed by atoms with Crippen molar-refractivity contribution in [2.24, 2.45) is 0 Å². The van der Waals surface area contributed by atoms with Gasteiger partial charge >= 0.3 is 0 Å². The summed E-state index contributed by atoms with van der Waals surface area (Å²) in [6, 6.07) is 88.0. The second kappa shape index (κ2) is 15.1. The number of aromatic nitrogens is 1. The van der Waals surface area contributed by atoms with Crippen LogP contribution in [0.15, 0.2) is 243 Å². The molecular weight excluding hydrogens is 725 g/mol. The predicted molar refractivity (Wildman–Crippen MR) is 255 cm³/mol. The van der Waals surface area contributed by atoms with Crippen molar-refractivity contribution in [3.05, 3.63) is 243 Å². The van der Waals surface area contributed by atoms with Crippen LogP contribution in [-0.2, 0) is 0 Å². The molecule has 0 unspecified atom stereocenters. The minimum atomic E-state index is 1.11. The molecule has 282 valence electrons. The number of hydrogen-bond donors (Lipinski definition) is 0. The molecule has 60 heavy (non-hydrogen) atoms. The average molecular weight is 765 g/mol. The van der Waals surface area contributed by atoms with Gasteiger partial charge in [0, 0.05) is 27.5 Å². The normalized spacial score (nSPS) is 11.3. The number of rotatable bonds is 8. The number of fused-ring (bicyclic) bond motifs is 4. The van der Waals surface area contributed by atoms with E-state index < -0.39 is 0 Å². The van der Waals surface area contributed by atoms with E-state index in [2.05, 4.69) is 252 Å². The summed E-state index contributed by atoms with van der Waals surface area (Å²) in [5.41, 5.74) is 16.2. The third-order valence-corrected chi connectivity index (χ3v) is 11.8. The van der Waals surface area contributed by atoms with Gasteiger partial charge in [-0.1, -0.05) is 200 Å². The van der Waals surface area contributed by atoms with Crippen molar-refractivity contribution in [3.63, 3.8) is 0 Å². The first kappa shape index (κ1) is 35.2. The standard InChI is InChI=1S/C58H40N2/c1-3-18-41(19-4-1)43-34-37-45(38-35-43)49-25-10-14-29-53(49)60-55-31-16-12-27-51(55)58-56(32-17-33-57(58)60)59(52-28-13-9-24-48(52)44-21-5-2-6-22-44)54-30-15-11-26-50(54)47-39-36-42-20-7-8-23-46(42)40-47/h1-40H. The maximum absolute atomic E-state index is 2.50. The highest BCUT2D eigenvalue weighted by Crippen LogP contribution is 2.49. The van der Waals surface area contributed by atoms with E-state index in [-0.39, 0.29) is 0 Å². The molecule has 0 bridgehead atoms. The van der Waals surface area contributed by atoms with Gasteiger partial charge in [-0.3, -0.25) is 0 Å². The first-order chi connectivity index (χ1) is 29.8. The highest BCUT2D eigenvalue weighted by molar-refractivity contribution is 6.17. The van der Waals surface area contributed by atoms with Gasteiger partial charge in [0.1, 0.15) is 0 Å². The zero-order chi connectivity index (χ0) is 39.8. The van der Waals surface area contributed by atoms with Crippen LogP contribution in [0.25, 0.3) is 82.8 Å². The van der Waals surface area contributed by atoms with E-state index in [0.717, 1.165) is 44.9 Å². The molecule has 10 aromatic carbocycles. The first-order valence-electron chi connectivity index (χ1n) is 20.6. The Bertz CT molecular complexity index is 3310. The van der Waals surface area contributed by atoms with Crippen LogP contribution in [0.1, 0.15) is 0 Å². The van der Waals surface area contributed by atoms with Gasteiger partial charge < -0.3 is 9.47 Å². The Kier molecular flexibility index (Phi) is 8.87. The smallest absolute Gasteiger partial charge is 0.0562 e. The molecule has 0 spiro atoms. The van der Waals surface area contributed by atoms with E-state index in [1.807, 2.05) is 0 Å². The van der Waals surface area contributed by atoms with Gasteiger partial charge in [-0.2, -0.15) is 0 Å². The first-order valence-corrected chi connectivity index (χ1v) is 20.6. The van der Waals surface area contributed by atoms with E-state index in [1.165, 1.54) is 54.9 Å². The van der Waals surface area contributed by atoms with Gasteiger partial charge in [-0.15, -0.1) is 0 Å². The SMILES string of the molecule is c1ccc(-c2ccc(-c3ccccc3-n3c4ccccc4c4c(N(c5ccccc5-c5ccccc5)c5ccccc5-c5ccc6ccccc6c5)cccc43)cc2)cc1. The molecule has 0 N–H and O–H groups in total. The monoisotopic (exact) mass is 764 g/mol. The summed E-state index contributed by atoms with van der Waals surface area (Å²) in [6.45, 7) is 0. The Hall–Kier alpha value is -7.94. The molecule has 0 atom stereocenters. The van der Waals surface area contributed by atoms with Crippen molar-refractivity contribution in [1.29, 1.82) is 0 Å². The molecule has 2 nitrogen and oxygen atoms in total. The Morgan fingerprint density at radius 1 is 0.283 bits per heavy atom. The molecule has 0 radical (unpaired) electrons. The van der Waals surface area contributed by atoms with Gasteiger partial charge in [0.05, 0.1) is 33.8 Å². The van der Waals surface area contributed by atoms with Gasteiger partial charge in [-0.05, 0) is 81.1 Å². The van der Waals surface area contributed by atoms with E-state index >= 15 is 0 Å². The van der Waals surface area contributed by atoms with Crippen LogP contribution in [-0.4, -0.2) is 4.57 Å². The highest BCUT2D eigenvalue weighted by Gasteiger charge is 2.25. The number of nitrogens with zero attached hydrogens (tertiary/aromatic N) is 2. The molecule has 1 aromatic heterocycles. The predicted octanol–water partition coefficient (Wildman–Crippen LogP) is 16.1. The van der Waals surface area contributed by atoms with Crippen LogP contribution in [0.3, 0.4) is 0 Å². The molecular formula is C58H40N2. The molecule has 0 amide bonds. The lowest BCUT2D eigenvalue weighted by molar-refractivity contribution is 1.18. The second-order valence-corrected chi connectivity index (χ2v) is 15.3. The Morgan fingerprint density at radius 3 is 1.52 bits per heavy atom. The van der Waals surface area contributed by atoms with Crippen LogP contribution >= 0.6 is 0 Å². The lowest BCUT2D eigenvalue weighted by Crippen LogP contribution is -2.13. The summed E-state index contributed by atoms with van der Waals surface area (Å²) in [7, 11) is 0. The zero-order valence-corrected chi connectivity index (χ0v) is 33.0. The van der Waals surface area contributed by atoms with E-state index in [0.29, 0.717) is 0 Å². The lowest BCUT2D eigenvalue weighted by Gasteiger charge is -2.30. The molecule has 2 heteroatoms. The lowest BCUT2D eigenvalue weighted by atomic mass is 9.96. The molecule has 11 rings (SSSR count). The molecule has 0 fully saturated rings. The van der Waals surface area contributed by atoms with Crippen LogP contribution in [0, 0.1) is 0 Å². The average Bonchev–Trinajstić information content (AvgIpc) is 3.67. The summed E-state index contributed by atoms with van der Waals surface area (Å²) in [4.78, 5) is 2.50. The summed E-state index contributed by atoms with van der Waals surface area (Å²) < 4.78 is 2.46. The van der Waals surface area contributed by atoms with Crippen molar-refractivity contribution < 1.29 is 0 Å². The molecule has 0 saturated carbocycles. The largest absolute Gasteiger partial charge is 0.309 e. The third-order valence-electron chi connectivity index (χ3n) is 11.8. The van der Waals surface area contributed by atoms with Crippen LogP contribution < -0.4 is 4.90 Å². The molecule has 0 aliphatic heterocycles. The summed E-state index contributed by atoms with van der Waals surface area (Å²) in [5, 5.41) is 4.84. The van der Waals surface area contributed by atoms with E-state index in [1.54, 1.807) is 0 Å². The maximum Gasteiger partial charge on any atom is 0.0562 e. The van der Waals surface area contributed by atoms with Crippen molar-refractivity contribution in [1.82, 2.24) is 4.57 Å². The highest BCUT2D eigenvalue weighted by atomic mass is 15.2. The summed E-state index contributed by atoms with van der Waals surface area (Å²) in [5.74, 6) is 0. The van der Waals surface area contributed by atoms with Gasteiger partial charge in [0.15, 0.2) is 0 Å². The molecule has 11 aromatic rings. The number of hydrogen-bond acceptors (Lipinski definition) is 1. The minimum absolute atomic E-state index is 1.11. The minimum Gasteiger partial charge on any atom is -0.309 e. The fraction of sp³-hybridized carbons (Fsp3) is 0. The van der Waals surface area contributed by atoms with Gasteiger partial charge in [0.25, 0.3) is 0 Å². The quantitative estimate of drug-likeness (QED) is 0.150. The molecule has 1 heterocycles. The van der Waals surface area contributed by atoms with Crippen molar-refractivity contribution >= 4 is 49.6 Å². The summed E-state index contributed by atoms with van der Waals surface area (Å²) in [6.07, 6.45) is 0. The maximum atomic E-state index is 2.50. The van der Waals surface area contributed by atoms with Crippen LogP contribution in [0.2, 0.25) is 0 Å². The van der Waals surface area contributed by atoms with Crippen molar-refractivity contribution in [3.8, 4) is 50.2 Å². The Morgan fingerprint density at radius 2 is 0.767 bits per heavy atom. The Labute approximate surface area is 350 Å². The second-order valence-electron chi connectivity index (χ2n) is 15.3. The zero-order valence-electron chi connectivity index (χ0n) is 33.0. The topological polar surface area (TPSA) is 8.17 Å². The van der Waals surface area contributed by atoms with Crippen LogP contribution in [0.4, 0.5) is 17.1 Å². The van der Waals surface area contributed by atoms with Gasteiger partial charge in [-0.25, -0.2) is 0 Å². The van der Waals surface area contributed by atoms with Crippen molar-refractivity contribution in [2.75, 3.05) is 4.90 Å². The van der Waals surface area contributed by atoms with E-state index in [9.17, 15) is 0 Å². The fourth-order valence-corrected chi connectivity index (χ4v) is 9.02. The van der Waals surface area contributed by atoms with Crippen molar-refractivity contribution in [2.45, 2.75) is 0 Å². The molecule has 0 aliphatic carbocycles. The summed E-state index contributed by atoms with van der Waals surface area (Å²) >= 11 is 0. The number of benzene rings is 10. The Balaban J connectivity index is 1.17. The van der Waals surface area contributed by atoms with Crippen LogP contribution in [0.5, 0.6) is 0 Å². The molecule has 0 aliphatic rings. The number of anilines is 3. The third kappa shape index (κ3) is 6.14.